The summed E-state index contributed by atoms with van der Waals surface area (Å²) in [5, 5.41) is 26.9. The van der Waals surface area contributed by atoms with Crippen LogP contribution in [0.1, 0.15) is 44.0 Å². The molecule has 34 heavy (non-hydrogen) atoms. The SMILES string of the molecule is CC(C)N(C=N)C(=N)c1cccc(-n2cnc3cc(O)c(-n4cnc(C5CC5)c4)cc3c2=O)n1. The van der Waals surface area contributed by atoms with Gasteiger partial charge in [0.1, 0.15) is 23.6 Å². The number of amidine groups is 1. The molecule has 0 amide bonds. The van der Waals surface area contributed by atoms with Gasteiger partial charge in [0.15, 0.2) is 5.84 Å². The Labute approximate surface area is 195 Å². The van der Waals surface area contributed by atoms with Crippen LogP contribution in [0.2, 0.25) is 0 Å². The Balaban J connectivity index is 1.58. The van der Waals surface area contributed by atoms with Gasteiger partial charge in [-0.25, -0.2) is 15.0 Å². The van der Waals surface area contributed by atoms with Crippen molar-refractivity contribution in [3.05, 3.63) is 70.9 Å². The van der Waals surface area contributed by atoms with Gasteiger partial charge in [-0.05, 0) is 44.9 Å². The number of phenolic OH excluding ortho intramolecular Hbond substituents is 1. The van der Waals surface area contributed by atoms with E-state index in [0.717, 1.165) is 24.9 Å². The first-order valence-corrected chi connectivity index (χ1v) is 11.0. The van der Waals surface area contributed by atoms with Crippen LogP contribution in [0.15, 0.2) is 54.0 Å². The number of phenols is 1. The third-order valence-electron chi connectivity index (χ3n) is 5.91. The topological polar surface area (TPSA) is 137 Å². The van der Waals surface area contributed by atoms with Gasteiger partial charge in [-0.1, -0.05) is 6.07 Å². The summed E-state index contributed by atoms with van der Waals surface area (Å²) in [5.41, 5.74) is 1.78. The largest absolute Gasteiger partial charge is 0.506 e. The average molecular weight is 457 g/mol. The van der Waals surface area contributed by atoms with E-state index in [1.165, 1.54) is 21.9 Å². The summed E-state index contributed by atoms with van der Waals surface area (Å²) < 4.78 is 3.03. The summed E-state index contributed by atoms with van der Waals surface area (Å²) in [6.07, 6.45) is 8.21. The number of nitrogens with zero attached hydrogens (tertiary/aromatic N) is 6. The fourth-order valence-corrected chi connectivity index (χ4v) is 3.87. The maximum Gasteiger partial charge on any atom is 0.267 e. The molecule has 0 radical (unpaired) electrons. The second-order valence-corrected chi connectivity index (χ2v) is 8.62. The molecule has 1 fully saturated rings. The zero-order valence-electron chi connectivity index (χ0n) is 18.8. The van der Waals surface area contributed by atoms with Crippen LogP contribution in [0.25, 0.3) is 22.4 Å². The quantitative estimate of drug-likeness (QED) is 0.301. The molecule has 0 saturated heterocycles. The molecule has 0 atom stereocenters. The third-order valence-corrected chi connectivity index (χ3v) is 5.91. The van der Waals surface area contributed by atoms with Crippen LogP contribution in [-0.4, -0.2) is 52.3 Å². The standard InChI is InChI=1S/C24H24N8O2/c1-14(2)31(11-25)23(26)17-4-3-5-22(29-17)32-13-28-18-9-21(33)20(8-16(18)24(32)34)30-10-19(27-12-30)15-6-7-15/h3-5,8-15,25-26,33H,6-7H2,1-2H3. The Morgan fingerprint density at radius 2 is 2.03 bits per heavy atom. The molecule has 3 heterocycles. The molecule has 1 aromatic carbocycles. The molecule has 0 bridgehead atoms. The van der Waals surface area contributed by atoms with Crippen molar-refractivity contribution in [3.8, 4) is 17.3 Å². The highest BCUT2D eigenvalue weighted by molar-refractivity contribution is 6.01. The summed E-state index contributed by atoms with van der Waals surface area (Å²) in [4.78, 5) is 28.1. The van der Waals surface area contributed by atoms with Gasteiger partial charge in [-0.3, -0.25) is 20.2 Å². The number of pyridine rings is 1. The minimum absolute atomic E-state index is 0.00545. The lowest BCUT2D eigenvalue weighted by Gasteiger charge is -2.23. The maximum absolute atomic E-state index is 13.4. The molecule has 3 N–H and O–H groups in total. The van der Waals surface area contributed by atoms with E-state index in [0.29, 0.717) is 34.0 Å². The molecule has 0 unspecified atom stereocenters. The van der Waals surface area contributed by atoms with E-state index < -0.39 is 0 Å². The highest BCUT2D eigenvalue weighted by atomic mass is 16.3. The molecule has 3 aromatic heterocycles. The van der Waals surface area contributed by atoms with Crippen LogP contribution >= 0.6 is 0 Å². The minimum Gasteiger partial charge on any atom is -0.506 e. The molecular formula is C24H24N8O2. The van der Waals surface area contributed by atoms with Crippen molar-refractivity contribution in [2.75, 3.05) is 0 Å². The highest BCUT2D eigenvalue weighted by Gasteiger charge is 2.26. The van der Waals surface area contributed by atoms with Gasteiger partial charge in [0, 0.05) is 24.2 Å². The fourth-order valence-electron chi connectivity index (χ4n) is 3.87. The van der Waals surface area contributed by atoms with Crippen LogP contribution in [0.4, 0.5) is 0 Å². The van der Waals surface area contributed by atoms with E-state index in [1.54, 1.807) is 35.2 Å². The Bertz CT molecular complexity index is 1480. The van der Waals surface area contributed by atoms with Crippen molar-refractivity contribution < 1.29 is 5.11 Å². The molecule has 1 saturated carbocycles. The van der Waals surface area contributed by atoms with Crippen molar-refractivity contribution >= 4 is 23.1 Å². The highest BCUT2D eigenvalue weighted by Crippen LogP contribution is 2.39. The second-order valence-electron chi connectivity index (χ2n) is 8.62. The summed E-state index contributed by atoms with van der Waals surface area (Å²) in [6, 6.07) is 8.02. The summed E-state index contributed by atoms with van der Waals surface area (Å²) in [5.74, 6) is 0.848. The average Bonchev–Trinajstić information content (AvgIpc) is 3.56. The first-order valence-electron chi connectivity index (χ1n) is 11.0. The number of fused-ring (bicyclic) bond motifs is 1. The van der Waals surface area contributed by atoms with Gasteiger partial charge >= 0.3 is 0 Å². The van der Waals surface area contributed by atoms with E-state index in [4.69, 9.17) is 10.8 Å². The molecule has 10 nitrogen and oxygen atoms in total. The van der Waals surface area contributed by atoms with Crippen molar-refractivity contribution in [3.63, 3.8) is 0 Å². The second kappa shape index (κ2) is 8.22. The maximum atomic E-state index is 13.4. The number of benzene rings is 1. The minimum atomic E-state index is -0.349. The molecule has 0 spiro atoms. The van der Waals surface area contributed by atoms with E-state index in [9.17, 15) is 9.90 Å². The Morgan fingerprint density at radius 3 is 2.74 bits per heavy atom. The molecule has 10 heteroatoms. The van der Waals surface area contributed by atoms with Crippen LogP contribution in [0.3, 0.4) is 0 Å². The van der Waals surface area contributed by atoms with Gasteiger partial charge in [0.25, 0.3) is 5.56 Å². The molecule has 1 aliphatic carbocycles. The first kappa shape index (κ1) is 21.5. The predicted octanol–water partition coefficient (Wildman–Crippen LogP) is 3.19. The lowest BCUT2D eigenvalue weighted by molar-refractivity contribution is 0.473. The van der Waals surface area contributed by atoms with E-state index in [1.807, 2.05) is 20.0 Å². The zero-order valence-corrected chi connectivity index (χ0v) is 18.8. The Morgan fingerprint density at radius 1 is 1.24 bits per heavy atom. The zero-order chi connectivity index (χ0) is 24.0. The van der Waals surface area contributed by atoms with Crippen LogP contribution in [0, 0.1) is 10.8 Å². The monoisotopic (exact) mass is 456 g/mol. The van der Waals surface area contributed by atoms with Crippen molar-refractivity contribution in [1.29, 1.82) is 10.8 Å². The number of hydrogen-bond donors (Lipinski definition) is 3. The van der Waals surface area contributed by atoms with Crippen molar-refractivity contribution in [2.45, 2.75) is 38.6 Å². The Kier molecular flexibility index (Phi) is 5.20. The van der Waals surface area contributed by atoms with Gasteiger partial charge in [-0.2, -0.15) is 0 Å². The number of rotatable bonds is 6. The molecule has 1 aliphatic rings. The summed E-state index contributed by atoms with van der Waals surface area (Å²) in [7, 11) is 0. The van der Waals surface area contributed by atoms with Crippen molar-refractivity contribution in [2.24, 2.45) is 0 Å². The molecule has 5 rings (SSSR count). The third kappa shape index (κ3) is 3.72. The smallest absolute Gasteiger partial charge is 0.267 e. The number of nitrogens with one attached hydrogen (secondary N) is 2. The summed E-state index contributed by atoms with van der Waals surface area (Å²) in [6.45, 7) is 3.75. The van der Waals surface area contributed by atoms with Gasteiger partial charge in [-0.15, -0.1) is 0 Å². The molecule has 4 aromatic rings. The summed E-state index contributed by atoms with van der Waals surface area (Å²) >= 11 is 0. The van der Waals surface area contributed by atoms with Crippen LogP contribution in [0.5, 0.6) is 5.75 Å². The number of imidazole rings is 1. The molecule has 172 valence electrons. The number of aromatic hydroxyl groups is 1. The molecule has 0 aliphatic heterocycles. The van der Waals surface area contributed by atoms with E-state index in [2.05, 4.69) is 15.0 Å². The fraction of sp³-hybridized carbons (Fsp3) is 0.250. The van der Waals surface area contributed by atoms with Gasteiger partial charge < -0.3 is 14.6 Å². The lowest BCUT2D eigenvalue weighted by Crippen LogP contribution is -2.36. The lowest BCUT2D eigenvalue weighted by atomic mass is 10.2. The van der Waals surface area contributed by atoms with E-state index in [-0.39, 0.29) is 23.2 Å². The molecular weight excluding hydrogens is 432 g/mol. The number of hydrogen-bond acceptors (Lipinski definition) is 7. The van der Waals surface area contributed by atoms with Gasteiger partial charge in [0.2, 0.25) is 0 Å². The normalized spacial score (nSPS) is 13.4. The van der Waals surface area contributed by atoms with Gasteiger partial charge in [0.05, 0.1) is 35.0 Å². The van der Waals surface area contributed by atoms with Crippen LogP contribution in [-0.2, 0) is 0 Å². The number of aromatic nitrogens is 5. The Hall–Kier alpha value is -4.34. The van der Waals surface area contributed by atoms with E-state index >= 15 is 0 Å². The van der Waals surface area contributed by atoms with Crippen molar-refractivity contribution in [1.82, 2.24) is 29.0 Å². The van der Waals surface area contributed by atoms with Crippen LogP contribution < -0.4 is 5.56 Å². The predicted molar refractivity (Wildman–Crippen MR) is 128 cm³/mol. The first-order chi connectivity index (χ1) is 16.4.